The average molecular weight is 263 g/mol. The number of fused-ring (bicyclic) bond motifs is 1. The van der Waals surface area contributed by atoms with Crippen LogP contribution >= 0.6 is 0 Å². The first-order valence-electron chi connectivity index (χ1n) is 7.37. The molecule has 0 aromatic heterocycles. The molecule has 0 amide bonds. The van der Waals surface area contributed by atoms with Crippen molar-refractivity contribution in [2.75, 3.05) is 13.1 Å². The van der Waals surface area contributed by atoms with Gasteiger partial charge in [0.1, 0.15) is 17.7 Å². The minimum atomic E-state index is -0.159. The second kappa shape index (κ2) is 5.12. The van der Waals surface area contributed by atoms with Crippen LogP contribution in [0.2, 0.25) is 0 Å². The van der Waals surface area contributed by atoms with Gasteiger partial charge >= 0.3 is 0 Å². The summed E-state index contributed by atoms with van der Waals surface area (Å²) >= 11 is 0. The molecule has 1 atom stereocenters. The number of rotatable bonds is 6. The van der Waals surface area contributed by atoms with E-state index in [4.69, 9.17) is 4.74 Å². The molecule has 2 nitrogen and oxygen atoms in total. The van der Waals surface area contributed by atoms with E-state index in [0.717, 1.165) is 37.2 Å². The Hall–Kier alpha value is -1.09. The average Bonchev–Trinajstić information content (AvgIpc) is 3.01. The van der Waals surface area contributed by atoms with Gasteiger partial charge in [-0.3, -0.25) is 0 Å². The summed E-state index contributed by atoms with van der Waals surface area (Å²) in [5.41, 5.74) is 1.47. The molecule has 1 aromatic carbocycles. The Labute approximate surface area is 114 Å². The minimum absolute atomic E-state index is 0.159. The van der Waals surface area contributed by atoms with E-state index < -0.39 is 0 Å². The third kappa shape index (κ3) is 2.92. The van der Waals surface area contributed by atoms with Gasteiger partial charge < -0.3 is 10.1 Å². The molecular weight excluding hydrogens is 241 g/mol. The summed E-state index contributed by atoms with van der Waals surface area (Å²) in [4.78, 5) is 0. The second-order valence-electron chi connectivity index (χ2n) is 6.08. The lowest BCUT2D eigenvalue weighted by molar-refractivity contribution is 0.184. The summed E-state index contributed by atoms with van der Waals surface area (Å²) in [6, 6.07) is 4.86. The van der Waals surface area contributed by atoms with Crippen LogP contribution in [-0.2, 0) is 6.42 Å². The van der Waals surface area contributed by atoms with Gasteiger partial charge in [-0.05, 0) is 55.8 Å². The lowest BCUT2D eigenvalue weighted by Crippen LogP contribution is -2.29. The third-order valence-corrected chi connectivity index (χ3v) is 4.31. The van der Waals surface area contributed by atoms with E-state index in [2.05, 4.69) is 12.2 Å². The number of halogens is 1. The van der Waals surface area contributed by atoms with Gasteiger partial charge in [0.2, 0.25) is 0 Å². The smallest absolute Gasteiger partial charge is 0.123 e. The van der Waals surface area contributed by atoms with Crippen molar-refractivity contribution in [2.45, 2.75) is 45.1 Å². The predicted molar refractivity (Wildman–Crippen MR) is 74.0 cm³/mol. The Bertz CT molecular complexity index is 456. The lowest BCUT2D eigenvalue weighted by Gasteiger charge is -2.20. The molecule has 0 radical (unpaired) electrons. The highest BCUT2D eigenvalue weighted by atomic mass is 19.1. The molecule has 1 unspecified atom stereocenters. The fourth-order valence-electron chi connectivity index (χ4n) is 3.05. The molecule has 1 aliphatic carbocycles. The fraction of sp³-hybridized carbons (Fsp3) is 0.625. The van der Waals surface area contributed by atoms with Crippen molar-refractivity contribution >= 4 is 0 Å². The second-order valence-corrected chi connectivity index (χ2v) is 6.08. The third-order valence-electron chi connectivity index (χ3n) is 4.31. The van der Waals surface area contributed by atoms with Crippen LogP contribution in [0.5, 0.6) is 5.75 Å². The molecule has 1 N–H and O–H groups in total. The molecule has 1 saturated carbocycles. The summed E-state index contributed by atoms with van der Waals surface area (Å²) in [5.74, 6) is 0.720. The number of benzene rings is 1. The van der Waals surface area contributed by atoms with E-state index in [-0.39, 0.29) is 11.9 Å². The standard InChI is InChI=1S/C16H22FNO/c1-2-7-18-11-16(5-6-16)10-14-9-12-8-13(17)3-4-15(12)19-14/h3-4,8,14,18H,2,5-7,9-11H2,1H3. The molecule has 1 aliphatic heterocycles. The van der Waals surface area contributed by atoms with Gasteiger partial charge in [0, 0.05) is 18.5 Å². The summed E-state index contributed by atoms with van der Waals surface area (Å²) in [5, 5.41) is 3.53. The van der Waals surface area contributed by atoms with Crippen molar-refractivity contribution in [1.82, 2.24) is 5.32 Å². The Morgan fingerprint density at radius 3 is 3.00 bits per heavy atom. The van der Waals surface area contributed by atoms with Crippen LogP contribution in [0.1, 0.15) is 38.2 Å². The summed E-state index contributed by atoms with van der Waals surface area (Å²) in [6.07, 6.45) is 5.98. The first-order chi connectivity index (χ1) is 9.21. The van der Waals surface area contributed by atoms with Crippen LogP contribution in [0.4, 0.5) is 4.39 Å². The Morgan fingerprint density at radius 1 is 1.42 bits per heavy atom. The largest absolute Gasteiger partial charge is 0.490 e. The van der Waals surface area contributed by atoms with Gasteiger partial charge in [0.15, 0.2) is 0 Å². The highest BCUT2D eigenvalue weighted by Crippen LogP contribution is 2.50. The molecule has 3 heteroatoms. The molecular formula is C16H22FNO. The fourth-order valence-corrected chi connectivity index (χ4v) is 3.05. The van der Waals surface area contributed by atoms with Gasteiger partial charge in [-0.2, -0.15) is 0 Å². The van der Waals surface area contributed by atoms with Gasteiger partial charge in [0.25, 0.3) is 0 Å². The molecule has 0 bridgehead atoms. The number of ether oxygens (including phenoxy) is 1. The zero-order valence-corrected chi connectivity index (χ0v) is 11.5. The quantitative estimate of drug-likeness (QED) is 0.795. The normalized spacial score (nSPS) is 22.9. The molecule has 1 heterocycles. The van der Waals surface area contributed by atoms with Crippen molar-refractivity contribution in [1.29, 1.82) is 0 Å². The Balaban J connectivity index is 1.55. The van der Waals surface area contributed by atoms with Crippen LogP contribution < -0.4 is 10.1 Å². The zero-order valence-electron chi connectivity index (χ0n) is 11.5. The van der Waals surface area contributed by atoms with Crippen LogP contribution in [0, 0.1) is 11.2 Å². The van der Waals surface area contributed by atoms with E-state index in [0.29, 0.717) is 5.41 Å². The van der Waals surface area contributed by atoms with Gasteiger partial charge in [-0.15, -0.1) is 0 Å². The van der Waals surface area contributed by atoms with Gasteiger partial charge in [-0.1, -0.05) is 6.92 Å². The molecule has 0 spiro atoms. The van der Waals surface area contributed by atoms with Crippen LogP contribution in [0.3, 0.4) is 0 Å². The Kier molecular flexibility index (Phi) is 3.48. The van der Waals surface area contributed by atoms with Crippen molar-refractivity contribution in [3.8, 4) is 5.75 Å². The van der Waals surface area contributed by atoms with E-state index in [9.17, 15) is 4.39 Å². The number of hydrogen-bond acceptors (Lipinski definition) is 2. The summed E-state index contributed by atoms with van der Waals surface area (Å²) < 4.78 is 19.1. The minimum Gasteiger partial charge on any atom is -0.490 e. The van der Waals surface area contributed by atoms with Crippen molar-refractivity contribution in [3.63, 3.8) is 0 Å². The van der Waals surface area contributed by atoms with Crippen molar-refractivity contribution < 1.29 is 9.13 Å². The van der Waals surface area contributed by atoms with E-state index >= 15 is 0 Å². The lowest BCUT2D eigenvalue weighted by atomic mass is 9.95. The predicted octanol–water partition coefficient (Wildman–Crippen LogP) is 3.30. The molecule has 1 aromatic rings. The molecule has 2 aliphatic rings. The zero-order chi connectivity index (χ0) is 13.3. The maximum Gasteiger partial charge on any atom is 0.123 e. The number of hydrogen-bond donors (Lipinski definition) is 1. The molecule has 0 saturated heterocycles. The first-order valence-corrected chi connectivity index (χ1v) is 7.37. The monoisotopic (exact) mass is 263 g/mol. The molecule has 1 fully saturated rings. The van der Waals surface area contributed by atoms with E-state index in [1.54, 1.807) is 12.1 Å². The Morgan fingerprint density at radius 2 is 2.26 bits per heavy atom. The molecule has 104 valence electrons. The molecule has 3 rings (SSSR count). The van der Waals surface area contributed by atoms with E-state index in [1.165, 1.54) is 25.3 Å². The van der Waals surface area contributed by atoms with Crippen LogP contribution in [0.15, 0.2) is 18.2 Å². The summed E-state index contributed by atoms with van der Waals surface area (Å²) in [6.45, 7) is 4.39. The maximum absolute atomic E-state index is 13.2. The van der Waals surface area contributed by atoms with Gasteiger partial charge in [-0.25, -0.2) is 4.39 Å². The number of nitrogens with one attached hydrogen (secondary N) is 1. The highest BCUT2D eigenvalue weighted by molar-refractivity contribution is 5.38. The highest BCUT2D eigenvalue weighted by Gasteiger charge is 2.45. The van der Waals surface area contributed by atoms with E-state index in [1.807, 2.05) is 0 Å². The maximum atomic E-state index is 13.2. The first kappa shape index (κ1) is 12.9. The van der Waals surface area contributed by atoms with Crippen LogP contribution in [0.25, 0.3) is 0 Å². The van der Waals surface area contributed by atoms with Crippen molar-refractivity contribution in [2.24, 2.45) is 5.41 Å². The summed E-state index contributed by atoms with van der Waals surface area (Å²) in [7, 11) is 0. The van der Waals surface area contributed by atoms with Crippen LogP contribution in [-0.4, -0.2) is 19.2 Å². The topological polar surface area (TPSA) is 21.3 Å². The molecule has 19 heavy (non-hydrogen) atoms. The van der Waals surface area contributed by atoms with Crippen molar-refractivity contribution in [3.05, 3.63) is 29.6 Å². The van der Waals surface area contributed by atoms with Gasteiger partial charge in [0.05, 0.1) is 0 Å². The SMILES string of the molecule is CCCNCC1(CC2Cc3cc(F)ccc3O2)CC1.